The summed E-state index contributed by atoms with van der Waals surface area (Å²) >= 11 is 0. The summed E-state index contributed by atoms with van der Waals surface area (Å²) in [4.78, 5) is 24.4. The van der Waals surface area contributed by atoms with E-state index >= 15 is 0 Å². The van der Waals surface area contributed by atoms with Crippen LogP contribution in [0, 0.1) is 12.3 Å². The first-order valence-electron chi connectivity index (χ1n) is 7.89. The first kappa shape index (κ1) is 18.2. The summed E-state index contributed by atoms with van der Waals surface area (Å²) in [5, 5.41) is 5.31. The van der Waals surface area contributed by atoms with Crippen LogP contribution in [0.3, 0.4) is 0 Å². The molecule has 0 aliphatic carbocycles. The van der Waals surface area contributed by atoms with Gasteiger partial charge in [0, 0.05) is 0 Å². The Morgan fingerprint density at radius 2 is 1.80 bits per heavy atom. The quantitative estimate of drug-likeness (QED) is 0.764. The van der Waals surface area contributed by atoms with Gasteiger partial charge in [-0.3, -0.25) is 9.59 Å². The molecule has 0 radical (unpaired) electrons. The molecule has 0 heterocycles. The number of nitrogens with one attached hydrogen (secondary N) is 2. The largest absolute Gasteiger partial charge is 0.364 e. The molecule has 0 saturated carbocycles. The van der Waals surface area contributed by atoms with E-state index in [1.54, 1.807) is 31.2 Å². The molecule has 5 nitrogen and oxygen atoms in total. The number of carbonyl (C=O) groups is 2. The van der Waals surface area contributed by atoms with Gasteiger partial charge in [0.15, 0.2) is 0 Å². The van der Waals surface area contributed by atoms with Gasteiger partial charge in [-0.15, -0.1) is 6.42 Å². The molecule has 25 heavy (non-hydrogen) atoms. The van der Waals surface area contributed by atoms with E-state index in [4.69, 9.17) is 11.2 Å². The molecule has 0 spiro atoms. The minimum Gasteiger partial charge on any atom is -0.364 e. The number of anilines is 1. The van der Waals surface area contributed by atoms with E-state index in [0.29, 0.717) is 17.9 Å². The Morgan fingerprint density at radius 1 is 1.12 bits per heavy atom. The fraction of sp³-hybridized carbons (Fsp3) is 0.200. The van der Waals surface area contributed by atoms with Crippen LogP contribution in [0.1, 0.15) is 22.8 Å². The number of benzene rings is 2. The molecule has 0 aromatic heterocycles. The Kier molecular flexibility index (Phi) is 6.76. The molecule has 0 aliphatic rings. The van der Waals surface area contributed by atoms with Gasteiger partial charge in [-0.25, -0.2) is 0 Å². The second kappa shape index (κ2) is 9.26. The van der Waals surface area contributed by atoms with E-state index in [2.05, 4.69) is 16.6 Å². The van der Waals surface area contributed by atoms with Crippen molar-refractivity contribution in [3.05, 3.63) is 65.7 Å². The van der Waals surface area contributed by atoms with Crippen molar-refractivity contribution in [2.45, 2.75) is 19.6 Å². The Morgan fingerprint density at radius 3 is 2.52 bits per heavy atom. The second-order valence-electron chi connectivity index (χ2n) is 5.36. The molecule has 2 aromatic carbocycles. The molecule has 0 bridgehead atoms. The summed E-state index contributed by atoms with van der Waals surface area (Å²) in [5.74, 6) is 1.67. The maximum atomic E-state index is 12.3. The number of terminal acetylenes is 1. The molecule has 2 rings (SSSR count). The zero-order valence-corrected chi connectivity index (χ0v) is 14.0. The second-order valence-corrected chi connectivity index (χ2v) is 5.36. The lowest BCUT2D eigenvalue weighted by molar-refractivity contribution is -0.127. The van der Waals surface area contributed by atoms with Gasteiger partial charge in [0.1, 0.15) is 6.10 Å². The van der Waals surface area contributed by atoms with Gasteiger partial charge in [-0.1, -0.05) is 48.4 Å². The topological polar surface area (TPSA) is 67.4 Å². The Labute approximate surface area is 147 Å². The van der Waals surface area contributed by atoms with Crippen molar-refractivity contribution in [3.8, 4) is 12.3 Å². The smallest absolute Gasteiger partial charge is 0.254 e. The molecular weight excluding hydrogens is 316 g/mol. The fourth-order valence-corrected chi connectivity index (χ4v) is 2.12. The Bertz CT molecular complexity index is 766. The van der Waals surface area contributed by atoms with Crippen LogP contribution < -0.4 is 10.6 Å². The van der Waals surface area contributed by atoms with E-state index in [9.17, 15) is 9.59 Å². The van der Waals surface area contributed by atoms with Crippen LogP contribution in [0.15, 0.2) is 54.6 Å². The normalized spacial score (nSPS) is 11.2. The summed E-state index contributed by atoms with van der Waals surface area (Å²) in [6.07, 6.45) is 4.48. The van der Waals surface area contributed by atoms with Crippen molar-refractivity contribution in [2.75, 3.05) is 11.9 Å². The fourth-order valence-electron chi connectivity index (χ4n) is 2.12. The molecular formula is C20H20N2O3. The first-order chi connectivity index (χ1) is 12.1. The third-order valence-corrected chi connectivity index (χ3v) is 3.49. The molecule has 2 N–H and O–H groups in total. The molecule has 1 unspecified atom stereocenters. The van der Waals surface area contributed by atoms with Gasteiger partial charge in [0.2, 0.25) is 0 Å². The Hall–Kier alpha value is -3.10. The lowest BCUT2D eigenvalue weighted by Gasteiger charge is -2.15. The zero-order valence-electron chi connectivity index (χ0n) is 14.0. The van der Waals surface area contributed by atoms with Gasteiger partial charge < -0.3 is 15.4 Å². The zero-order chi connectivity index (χ0) is 18.1. The summed E-state index contributed by atoms with van der Waals surface area (Å²) in [6.45, 7) is 2.12. The summed E-state index contributed by atoms with van der Waals surface area (Å²) in [5.41, 5.74) is 1.75. The van der Waals surface area contributed by atoms with E-state index in [-0.39, 0.29) is 18.4 Å². The van der Waals surface area contributed by atoms with Crippen molar-refractivity contribution in [1.82, 2.24) is 5.32 Å². The van der Waals surface area contributed by atoms with Gasteiger partial charge in [-0.2, -0.15) is 0 Å². The minimum atomic E-state index is -0.665. The minimum absolute atomic E-state index is 0.123. The predicted octanol–water partition coefficient (Wildman–Crippen LogP) is 2.59. The highest BCUT2D eigenvalue weighted by Crippen LogP contribution is 2.16. The first-order valence-corrected chi connectivity index (χ1v) is 7.89. The van der Waals surface area contributed by atoms with Crippen LogP contribution in [0.25, 0.3) is 0 Å². The highest BCUT2D eigenvalue weighted by molar-refractivity contribution is 6.04. The lowest BCUT2D eigenvalue weighted by Crippen LogP contribution is -2.30. The predicted molar refractivity (Wildman–Crippen MR) is 96.9 cm³/mol. The highest BCUT2D eigenvalue weighted by atomic mass is 16.5. The van der Waals surface area contributed by atoms with Gasteiger partial charge >= 0.3 is 0 Å². The van der Waals surface area contributed by atoms with Crippen LogP contribution in [-0.2, 0) is 16.1 Å². The van der Waals surface area contributed by atoms with E-state index in [1.807, 2.05) is 30.3 Å². The number of amides is 2. The van der Waals surface area contributed by atoms with E-state index < -0.39 is 6.10 Å². The average Bonchev–Trinajstić information content (AvgIpc) is 2.65. The summed E-state index contributed by atoms with van der Waals surface area (Å²) in [6, 6.07) is 16.3. The number of hydrogen-bond acceptors (Lipinski definition) is 3. The SMILES string of the molecule is C#CCNC(=O)c1ccccc1NC(=O)C(C)OCc1ccccc1. The molecule has 2 aromatic rings. The third-order valence-electron chi connectivity index (χ3n) is 3.49. The number of para-hydroxylation sites is 1. The van der Waals surface area contributed by atoms with Crippen molar-refractivity contribution in [1.29, 1.82) is 0 Å². The molecule has 5 heteroatoms. The molecule has 128 valence electrons. The molecule has 1 atom stereocenters. The number of hydrogen-bond donors (Lipinski definition) is 2. The molecule has 2 amide bonds. The number of ether oxygens (including phenoxy) is 1. The van der Waals surface area contributed by atoms with Crippen molar-refractivity contribution in [3.63, 3.8) is 0 Å². The van der Waals surface area contributed by atoms with Crippen LogP contribution in [0.4, 0.5) is 5.69 Å². The van der Waals surface area contributed by atoms with Gasteiger partial charge in [0.25, 0.3) is 11.8 Å². The van der Waals surface area contributed by atoms with Gasteiger partial charge in [0.05, 0.1) is 24.4 Å². The molecule has 0 saturated heterocycles. The summed E-state index contributed by atoms with van der Waals surface area (Å²) < 4.78 is 5.59. The van der Waals surface area contributed by atoms with Crippen molar-refractivity contribution >= 4 is 17.5 Å². The molecule has 0 fully saturated rings. The lowest BCUT2D eigenvalue weighted by atomic mass is 10.1. The van der Waals surface area contributed by atoms with Crippen molar-refractivity contribution in [2.24, 2.45) is 0 Å². The number of carbonyl (C=O) groups excluding carboxylic acids is 2. The third kappa shape index (κ3) is 5.48. The maximum absolute atomic E-state index is 12.3. The molecule has 0 aliphatic heterocycles. The van der Waals surface area contributed by atoms with Crippen LogP contribution in [0.2, 0.25) is 0 Å². The standard InChI is InChI=1S/C20H20N2O3/c1-3-13-21-20(24)17-11-7-8-12-18(17)22-19(23)15(2)25-14-16-9-5-4-6-10-16/h1,4-12,15H,13-14H2,2H3,(H,21,24)(H,22,23). The monoisotopic (exact) mass is 336 g/mol. The van der Waals surface area contributed by atoms with Crippen LogP contribution in [-0.4, -0.2) is 24.5 Å². The van der Waals surface area contributed by atoms with E-state index in [0.717, 1.165) is 5.56 Å². The maximum Gasteiger partial charge on any atom is 0.254 e. The van der Waals surface area contributed by atoms with Crippen LogP contribution >= 0.6 is 0 Å². The average molecular weight is 336 g/mol. The van der Waals surface area contributed by atoms with E-state index in [1.165, 1.54) is 0 Å². The van der Waals surface area contributed by atoms with Crippen molar-refractivity contribution < 1.29 is 14.3 Å². The highest BCUT2D eigenvalue weighted by Gasteiger charge is 2.17. The van der Waals surface area contributed by atoms with Crippen LogP contribution in [0.5, 0.6) is 0 Å². The number of rotatable bonds is 7. The summed E-state index contributed by atoms with van der Waals surface area (Å²) in [7, 11) is 0. The van der Waals surface area contributed by atoms with Gasteiger partial charge in [-0.05, 0) is 24.6 Å². The Balaban J connectivity index is 1.97.